The highest BCUT2D eigenvalue weighted by molar-refractivity contribution is 5.79. The van der Waals surface area contributed by atoms with E-state index in [1.165, 1.54) is 17.5 Å². The molecule has 0 bridgehead atoms. The van der Waals surface area contributed by atoms with Crippen LogP contribution in [0.2, 0.25) is 0 Å². The number of rotatable bonds is 4. The zero-order chi connectivity index (χ0) is 17.1. The fourth-order valence-electron chi connectivity index (χ4n) is 2.50. The molecule has 0 spiro atoms. The number of nitrogen functional groups attached to an aromatic ring is 1. The van der Waals surface area contributed by atoms with Gasteiger partial charge in [0.1, 0.15) is 17.8 Å². The minimum absolute atomic E-state index is 0.444. The Morgan fingerprint density at radius 3 is 2.12 bits per heavy atom. The van der Waals surface area contributed by atoms with Crippen molar-refractivity contribution >= 4 is 28.8 Å². The normalized spacial score (nSPS) is 10.5. The van der Waals surface area contributed by atoms with Crippen molar-refractivity contribution < 1.29 is 0 Å². The standard InChI is InChI=1S/C18H20N6/c1-11-4-5-20-15(9-11)24-18-16(19)17(21-10-22-18)23-14-7-12(2)6-13(3)8-14/h4-10H,19H2,1-3H3,(H2,20,21,22,23,24). The quantitative estimate of drug-likeness (QED) is 0.676. The van der Waals surface area contributed by atoms with Crippen LogP contribution in [0.25, 0.3) is 0 Å². The Hall–Kier alpha value is -3.15. The number of benzene rings is 1. The monoisotopic (exact) mass is 320 g/mol. The summed E-state index contributed by atoms with van der Waals surface area (Å²) in [6, 6.07) is 10.1. The molecule has 0 aliphatic carbocycles. The number of hydrogen-bond donors (Lipinski definition) is 3. The maximum atomic E-state index is 6.22. The largest absolute Gasteiger partial charge is 0.393 e. The second-order valence-electron chi connectivity index (χ2n) is 5.83. The first-order chi connectivity index (χ1) is 11.5. The van der Waals surface area contributed by atoms with E-state index in [1.807, 2.05) is 31.2 Å². The average molecular weight is 320 g/mol. The molecule has 0 saturated heterocycles. The maximum absolute atomic E-state index is 6.22. The zero-order valence-electron chi connectivity index (χ0n) is 14.0. The molecule has 0 fully saturated rings. The lowest BCUT2D eigenvalue weighted by Gasteiger charge is -2.13. The summed E-state index contributed by atoms with van der Waals surface area (Å²) in [5.41, 5.74) is 11.1. The molecule has 0 aliphatic heterocycles. The number of nitrogens with two attached hydrogens (primary N) is 1. The minimum Gasteiger partial charge on any atom is -0.393 e. The highest BCUT2D eigenvalue weighted by Gasteiger charge is 2.09. The van der Waals surface area contributed by atoms with Gasteiger partial charge >= 0.3 is 0 Å². The number of aryl methyl sites for hydroxylation is 3. The molecule has 6 nitrogen and oxygen atoms in total. The van der Waals surface area contributed by atoms with Crippen LogP contribution in [0.15, 0.2) is 42.9 Å². The van der Waals surface area contributed by atoms with E-state index in [1.54, 1.807) is 6.20 Å². The van der Waals surface area contributed by atoms with Gasteiger partial charge in [-0.1, -0.05) is 6.07 Å². The average Bonchev–Trinajstić information content (AvgIpc) is 2.50. The first-order valence-electron chi connectivity index (χ1n) is 7.67. The summed E-state index contributed by atoms with van der Waals surface area (Å²) in [6.07, 6.45) is 3.21. The molecule has 0 saturated carbocycles. The Kier molecular flexibility index (Phi) is 4.29. The van der Waals surface area contributed by atoms with Gasteiger partial charge in [-0.3, -0.25) is 0 Å². The first-order valence-corrected chi connectivity index (χ1v) is 7.67. The maximum Gasteiger partial charge on any atom is 0.160 e. The van der Waals surface area contributed by atoms with Crippen LogP contribution < -0.4 is 16.4 Å². The Bertz CT molecular complexity index is 855. The van der Waals surface area contributed by atoms with Crippen molar-refractivity contribution in [3.05, 3.63) is 59.5 Å². The van der Waals surface area contributed by atoms with E-state index in [0.717, 1.165) is 11.3 Å². The molecule has 2 aromatic heterocycles. The molecular formula is C18H20N6. The van der Waals surface area contributed by atoms with Gasteiger partial charge in [0.2, 0.25) is 0 Å². The molecule has 3 rings (SSSR count). The third-order valence-corrected chi connectivity index (χ3v) is 3.53. The van der Waals surface area contributed by atoms with Gasteiger partial charge in [0.05, 0.1) is 0 Å². The number of hydrogen-bond acceptors (Lipinski definition) is 6. The molecule has 0 amide bonds. The summed E-state index contributed by atoms with van der Waals surface area (Å²) in [5.74, 6) is 1.78. The van der Waals surface area contributed by atoms with E-state index in [2.05, 4.69) is 45.5 Å². The topological polar surface area (TPSA) is 88.8 Å². The fraction of sp³-hybridized carbons (Fsp3) is 0.167. The molecule has 0 unspecified atom stereocenters. The van der Waals surface area contributed by atoms with E-state index in [-0.39, 0.29) is 0 Å². The van der Waals surface area contributed by atoms with Crippen LogP contribution in [0.1, 0.15) is 16.7 Å². The van der Waals surface area contributed by atoms with Crippen molar-refractivity contribution in [1.29, 1.82) is 0 Å². The SMILES string of the molecule is Cc1cc(C)cc(Nc2ncnc(Nc3cc(C)ccn3)c2N)c1. The minimum atomic E-state index is 0.444. The Labute approximate surface area is 141 Å². The number of nitrogens with one attached hydrogen (secondary N) is 2. The summed E-state index contributed by atoms with van der Waals surface area (Å²) < 4.78 is 0. The summed E-state index contributed by atoms with van der Waals surface area (Å²) in [4.78, 5) is 12.7. The van der Waals surface area contributed by atoms with Crippen molar-refractivity contribution in [1.82, 2.24) is 15.0 Å². The molecule has 1 aromatic carbocycles. The Morgan fingerprint density at radius 1 is 0.792 bits per heavy atom. The first kappa shape index (κ1) is 15.7. The zero-order valence-corrected chi connectivity index (χ0v) is 14.0. The Morgan fingerprint density at radius 2 is 1.46 bits per heavy atom. The Balaban J connectivity index is 1.88. The van der Waals surface area contributed by atoms with Crippen molar-refractivity contribution in [2.24, 2.45) is 0 Å². The highest BCUT2D eigenvalue weighted by atomic mass is 15.1. The van der Waals surface area contributed by atoms with Gasteiger partial charge in [0.25, 0.3) is 0 Å². The lowest BCUT2D eigenvalue weighted by atomic mass is 10.1. The number of aromatic nitrogens is 3. The van der Waals surface area contributed by atoms with E-state index >= 15 is 0 Å². The second kappa shape index (κ2) is 6.54. The van der Waals surface area contributed by atoms with Crippen molar-refractivity contribution in [3.63, 3.8) is 0 Å². The van der Waals surface area contributed by atoms with Crippen LogP contribution in [0.4, 0.5) is 28.8 Å². The van der Waals surface area contributed by atoms with E-state index < -0.39 is 0 Å². The molecule has 2 heterocycles. The third kappa shape index (κ3) is 3.60. The van der Waals surface area contributed by atoms with Crippen LogP contribution in [-0.4, -0.2) is 15.0 Å². The van der Waals surface area contributed by atoms with Gasteiger partial charge in [-0.05, 0) is 61.7 Å². The van der Waals surface area contributed by atoms with Gasteiger partial charge in [0.15, 0.2) is 11.6 Å². The van der Waals surface area contributed by atoms with Gasteiger partial charge in [-0.15, -0.1) is 0 Å². The van der Waals surface area contributed by atoms with Crippen LogP contribution >= 0.6 is 0 Å². The third-order valence-electron chi connectivity index (χ3n) is 3.53. The van der Waals surface area contributed by atoms with Crippen molar-refractivity contribution in [2.75, 3.05) is 16.4 Å². The van der Waals surface area contributed by atoms with Crippen molar-refractivity contribution in [3.8, 4) is 0 Å². The summed E-state index contributed by atoms with van der Waals surface area (Å²) in [6.45, 7) is 6.11. The van der Waals surface area contributed by atoms with Crippen LogP contribution in [0.5, 0.6) is 0 Å². The molecule has 0 aliphatic rings. The molecule has 24 heavy (non-hydrogen) atoms. The van der Waals surface area contributed by atoms with Gasteiger partial charge in [-0.25, -0.2) is 15.0 Å². The van der Waals surface area contributed by atoms with E-state index in [9.17, 15) is 0 Å². The molecular weight excluding hydrogens is 300 g/mol. The lowest BCUT2D eigenvalue weighted by Crippen LogP contribution is -2.06. The fourth-order valence-corrected chi connectivity index (χ4v) is 2.50. The summed E-state index contributed by atoms with van der Waals surface area (Å²) in [5, 5.41) is 6.39. The molecule has 122 valence electrons. The number of nitrogens with zero attached hydrogens (tertiary/aromatic N) is 3. The number of pyridine rings is 1. The molecule has 6 heteroatoms. The van der Waals surface area contributed by atoms with E-state index in [4.69, 9.17) is 5.73 Å². The molecule has 0 radical (unpaired) electrons. The predicted octanol–water partition coefficient (Wildman–Crippen LogP) is 3.87. The van der Waals surface area contributed by atoms with Gasteiger partial charge in [0, 0.05) is 11.9 Å². The summed E-state index contributed by atoms with van der Waals surface area (Å²) in [7, 11) is 0. The lowest BCUT2D eigenvalue weighted by molar-refractivity contribution is 1.16. The van der Waals surface area contributed by atoms with Crippen LogP contribution in [-0.2, 0) is 0 Å². The highest BCUT2D eigenvalue weighted by Crippen LogP contribution is 2.28. The van der Waals surface area contributed by atoms with Gasteiger partial charge in [-0.2, -0.15) is 0 Å². The molecule has 4 N–H and O–H groups in total. The molecule has 0 atom stereocenters. The smallest absolute Gasteiger partial charge is 0.160 e. The van der Waals surface area contributed by atoms with Crippen molar-refractivity contribution in [2.45, 2.75) is 20.8 Å². The van der Waals surface area contributed by atoms with Crippen LogP contribution in [0, 0.1) is 20.8 Å². The van der Waals surface area contributed by atoms with Crippen LogP contribution in [0.3, 0.4) is 0 Å². The van der Waals surface area contributed by atoms with Gasteiger partial charge < -0.3 is 16.4 Å². The summed E-state index contributed by atoms with van der Waals surface area (Å²) >= 11 is 0. The molecule has 3 aromatic rings. The predicted molar refractivity (Wildman–Crippen MR) is 97.9 cm³/mol. The van der Waals surface area contributed by atoms with E-state index in [0.29, 0.717) is 23.1 Å². The number of anilines is 5. The second-order valence-corrected chi connectivity index (χ2v) is 5.83.